The molecule has 1 aliphatic heterocycles. The number of amides is 1. The van der Waals surface area contributed by atoms with Crippen LogP contribution in [-0.4, -0.2) is 11.9 Å². The van der Waals surface area contributed by atoms with Gasteiger partial charge in [0, 0.05) is 35.3 Å². The highest BCUT2D eigenvalue weighted by molar-refractivity contribution is 6.30. The number of rotatable bonds is 3. The number of nitrogens with zero attached hydrogens (tertiary/aromatic N) is 2. The minimum absolute atomic E-state index is 0.0238. The molecule has 1 heterocycles. The van der Waals surface area contributed by atoms with Gasteiger partial charge in [-0.15, -0.1) is 0 Å². The van der Waals surface area contributed by atoms with Crippen molar-refractivity contribution in [3.63, 3.8) is 0 Å². The molecule has 1 amide bonds. The molecule has 5 heteroatoms. The molecule has 1 fully saturated rings. The average Bonchev–Trinajstić information content (AvgIpc) is 3.49. The predicted molar refractivity (Wildman–Crippen MR) is 108 cm³/mol. The number of benzene rings is 2. The van der Waals surface area contributed by atoms with Crippen LogP contribution in [0.15, 0.2) is 42.5 Å². The van der Waals surface area contributed by atoms with E-state index in [1.165, 1.54) is 0 Å². The summed E-state index contributed by atoms with van der Waals surface area (Å²) >= 11 is 6.02. The van der Waals surface area contributed by atoms with E-state index in [1.54, 1.807) is 13.0 Å². The Morgan fingerprint density at radius 2 is 1.93 bits per heavy atom. The first-order chi connectivity index (χ1) is 13.0. The zero-order valence-electron chi connectivity index (χ0n) is 15.4. The molecule has 0 aromatic heterocycles. The van der Waals surface area contributed by atoms with Crippen LogP contribution in [-0.2, 0) is 4.79 Å². The third kappa shape index (κ3) is 3.28. The van der Waals surface area contributed by atoms with E-state index >= 15 is 0 Å². The Bertz CT molecular complexity index is 914. The van der Waals surface area contributed by atoms with E-state index in [0.29, 0.717) is 16.5 Å². The number of fused-ring (bicyclic) bond motifs is 1. The molecular formula is C22H22ClN3O. The first-order valence-corrected chi connectivity index (χ1v) is 9.73. The number of nitrogens with one attached hydrogen (secondary N) is 1. The molecule has 1 N–H and O–H groups in total. The summed E-state index contributed by atoms with van der Waals surface area (Å²) in [6.45, 7) is 3.84. The Morgan fingerprint density at radius 3 is 2.52 bits per heavy atom. The minimum atomic E-state index is 0.0238. The molecule has 0 unspecified atom stereocenters. The van der Waals surface area contributed by atoms with E-state index in [4.69, 9.17) is 11.6 Å². The fraction of sp³-hybridized carbons (Fsp3) is 0.364. The lowest BCUT2D eigenvalue weighted by atomic mass is 9.79. The van der Waals surface area contributed by atoms with Crippen LogP contribution in [0.1, 0.15) is 43.9 Å². The molecule has 4 nitrogen and oxygen atoms in total. The van der Waals surface area contributed by atoms with Crippen molar-refractivity contribution in [3.8, 4) is 6.07 Å². The van der Waals surface area contributed by atoms with E-state index in [9.17, 15) is 10.1 Å². The molecule has 0 bridgehead atoms. The molecule has 3 atom stereocenters. The second-order valence-electron chi connectivity index (χ2n) is 7.59. The highest BCUT2D eigenvalue weighted by Gasteiger charge is 2.47. The summed E-state index contributed by atoms with van der Waals surface area (Å²) in [5, 5.41) is 13.7. The molecule has 2 aromatic rings. The van der Waals surface area contributed by atoms with Crippen molar-refractivity contribution < 1.29 is 4.79 Å². The maximum absolute atomic E-state index is 12.5. The van der Waals surface area contributed by atoms with Crippen molar-refractivity contribution in [3.05, 3.63) is 58.6 Å². The molecule has 1 aliphatic carbocycles. The minimum Gasteiger partial charge on any atom is -0.378 e. The summed E-state index contributed by atoms with van der Waals surface area (Å²) in [7, 11) is 0. The van der Waals surface area contributed by atoms with Crippen LogP contribution >= 0.6 is 11.6 Å². The standard InChI is InChI=1S/C22H22ClN3O/c1-13-21(25-18-8-6-17(23)7-9-18)19-11-15(12-24)3-10-20(19)26(14(2)27)22(13)16-4-5-16/h3,6-11,13,16,21-22,25H,4-5H2,1-2H3/t13-,21-,22-/m1/s1. The number of hydrogen-bond acceptors (Lipinski definition) is 3. The fourth-order valence-corrected chi connectivity index (χ4v) is 4.49. The van der Waals surface area contributed by atoms with Crippen molar-refractivity contribution >= 4 is 28.9 Å². The SMILES string of the molecule is CC(=O)N1c2ccc(C#N)cc2[C@H](Nc2ccc(Cl)cc2)[C@@H](C)[C@@H]1C1CC1. The maximum atomic E-state index is 12.5. The monoisotopic (exact) mass is 379 g/mol. The molecule has 0 saturated heterocycles. The van der Waals surface area contributed by atoms with Gasteiger partial charge in [-0.05, 0) is 66.8 Å². The van der Waals surface area contributed by atoms with E-state index in [1.807, 2.05) is 41.3 Å². The largest absolute Gasteiger partial charge is 0.378 e. The van der Waals surface area contributed by atoms with Gasteiger partial charge in [-0.25, -0.2) is 0 Å². The second-order valence-corrected chi connectivity index (χ2v) is 8.03. The van der Waals surface area contributed by atoms with Gasteiger partial charge >= 0.3 is 0 Å². The maximum Gasteiger partial charge on any atom is 0.224 e. The highest BCUT2D eigenvalue weighted by Crippen LogP contribution is 2.50. The van der Waals surface area contributed by atoms with Gasteiger partial charge in [0.15, 0.2) is 0 Å². The Morgan fingerprint density at radius 1 is 1.22 bits per heavy atom. The Balaban J connectivity index is 1.81. The lowest BCUT2D eigenvalue weighted by Gasteiger charge is -2.46. The number of carbonyl (C=O) groups excluding carboxylic acids is 1. The smallest absolute Gasteiger partial charge is 0.224 e. The highest BCUT2D eigenvalue weighted by atomic mass is 35.5. The molecule has 2 aromatic carbocycles. The molecule has 27 heavy (non-hydrogen) atoms. The van der Waals surface area contributed by atoms with E-state index in [-0.39, 0.29) is 23.9 Å². The number of anilines is 2. The lowest BCUT2D eigenvalue weighted by Crippen LogP contribution is -2.51. The summed E-state index contributed by atoms with van der Waals surface area (Å²) < 4.78 is 0. The van der Waals surface area contributed by atoms with Crippen molar-refractivity contribution in [2.75, 3.05) is 10.2 Å². The van der Waals surface area contributed by atoms with Crippen LogP contribution < -0.4 is 10.2 Å². The van der Waals surface area contributed by atoms with Crippen LogP contribution in [0.2, 0.25) is 5.02 Å². The molecule has 138 valence electrons. The van der Waals surface area contributed by atoms with E-state index in [0.717, 1.165) is 29.8 Å². The van der Waals surface area contributed by atoms with Gasteiger partial charge in [-0.3, -0.25) is 4.79 Å². The number of nitriles is 1. The topological polar surface area (TPSA) is 56.1 Å². The first kappa shape index (κ1) is 17.9. The molecule has 1 saturated carbocycles. The Labute approximate surface area is 164 Å². The number of hydrogen-bond donors (Lipinski definition) is 1. The van der Waals surface area contributed by atoms with Gasteiger partial charge in [0.1, 0.15) is 0 Å². The fourth-order valence-electron chi connectivity index (χ4n) is 4.36. The zero-order chi connectivity index (χ0) is 19.1. The van der Waals surface area contributed by atoms with Crippen molar-refractivity contribution in [2.24, 2.45) is 11.8 Å². The van der Waals surface area contributed by atoms with Crippen LogP contribution in [0.3, 0.4) is 0 Å². The summed E-state index contributed by atoms with van der Waals surface area (Å²) in [6.07, 6.45) is 2.33. The van der Waals surface area contributed by atoms with Crippen LogP contribution in [0.5, 0.6) is 0 Å². The third-order valence-corrected chi connectivity index (χ3v) is 5.98. The Kier molecular flexibility index (Phi) is 4.57. The van der Waals surface area contributed by atoms with Gasteiger partial charge in [0.2, 0.25) is 5.91 Å². The summed E-state index contributed by atoms with van der Waals surface area (Å²) in [4.78, 5) is 14.5. The van der Waals surface area contributed by atoms with Crippen molar-refractivity contribution in [1.82, 2.24) is 0 Å². The van der Waals surface area contributed by atoms with Crippen LogP contribution in [0.25, 0.3) is 0 Å². The lowest BCUT2D eigenvalue weighted by molar-refractivity contribution is -0.117. The quantitative estimate of drug-likeness (QED) is 0.802. The summed E-state index contributed by atoms with van der Waals surface area (Å²) in [6, 6.07) is 15.7. The van der Waals surface area contributed by atoms with E-state index in [2.05, 4.69) is 18.3 Å². The van der Waals surface area contributed by atoms with Gasteiger partial charge in [-0.1, -0.05) is 18.5 Å². The molecule has 0 spiro atoms. The van der Waals surface area contributed by atoms with Crippen LogP contribution in [0.4, 0.5) is 11.4 Å². The second kappa shape index (κ2) is 6.90. The van der Waals surface area contributed by atoms with Gasteiger partial charge in [0.25, 0.3) is 0 Å². The van der Waals surface area contributed by atoms with Gasteiger partial charge in [-0.2, -0.15) is 5.26 Å². The summed E-state index contributed by atoms with van der Waals surface area (Å²) in [5.74, 6) is 0.829. The van der Waals surface area contributed by atoms with Crippen molar-refractivity contribution in [1.29, 1.82) is 5.26 Å². The number of carbonyl (C=O) groups is 1. The van der Waals surface area contributed by atoms with Gasteiger partial charge < -0.3 is 10.2 Å². The summed E-state index contributed by atoms with van der Waals surface area (Å²) in [5.41, 5.74) is 3.51. The molecule has 4 rings (SSSR count). The third-order valence-electron chi connectivity index (χ3n) is 5.72. The molecule has 2 aliphatic rings. The van der Waals surface area contributed by atoms with Crippen LogP contribution in [0, 0.1) is 23.2 Å². The Hall–Kier alpha value is -2.51. The molecular weight excluding hydrogens is 358 g/mol. The van der Waals surface area contributed by atoms with Crippen molar-refractivity contribution in [2.45, 2.75) is 38.8 Å². The normalized spacial score (nSPS) is 24.1. The molecule has 0 radical (unpaired) electrons. The number of halogens is 1. The predicted octanol–water partition coefficient (Wildman–Crippen LogP) is 5.15. The van der Waals surface area contributed by atoms with Gasteiger partial charge in [0.05, 0.1) is 17.7 Å². The first-order valence-electron chi connectivity index (χ1n) is 9.35. The van der Waals surface area contributed by atoms with E-state index < -0.39 is 0 Å². The zero-order valence-corrected chi connectivity index (χ0v) is 16.2. The average molecular weight is 380 g/mol.